The number of carboxylic acid groups (broad SMARTS) is 1. The Morgan fingerprint density at radius 1 is 1.29 bits per heavy atom. The van der Waals surface area contributed by atoms with Crippen molar-refractivity contribution in [2.24, 2.45) is 5.41 Å². The van der Waals surface area contributed by atoms with Gasteiger partial charge in [-0.05, 0) is 30.5 Å². The Labute approximate surface area is 127 Å². The third kappa shape index (κ3) is 2.63. The van der Waals surface area contributed by atoms with Crippen molar-refractivity contribution < 1.29 is 19.4 Å². The molecule has 1 heterocycles. The van der Waals surface area contributed by atoms with Gasteiger partial charge < -0.3 is 14.7 Å². The molecule has 0 spiro atoms. The van der Waals surface area contributed by atoms with Gasteiger partial charge in [-0.3, -0.25) is 9.59 Å². The minimum absolute atomic E-state index is 0.232. The predicted molar refractivity (Wildman–Crippen MR) is 76.0 cm³/mol. The zero-order chi connectivity index (χ0) is 15.0. The number of halogens is 1. The molecule has 2 aliphatic rings. The maximum absolute atomic E-state index is 12.4. The number of carbonyl (C=O) groups is 2. The van der Waals surface area contributed by atoms with Gasteiger partial charge in [-0.1, -0.05) is 23.7 Å². The van der Waals surface area contributed by atoms with Crippen LogP contribution in [0, 0.1) is 5.41 Å². The number of nitrogens with zero attached hydrogens (tertiary/aromatic N) is 1. The second-order valence-electron chi connectivity index (χ2n) is 5.55. The monoisotopic (exact) mass is 309 g/mol. The number of morpholine rings is 1. The zero-order valence-electron chi connectivity index (χ0n) is 11.4. The number of ether oxygens (including phenoxy) is 1. The van der Waals surface area contributed by atoms with Gasteiger partial charge in [0.2, 0.25) is 5.91 Å². The van der Waals surface area contributed by atoms with E-state index in [4.69, 9.17) is 16.3 Å². The van der Waals surface area contributed by atoms with Crippen LogP contribution in [0.2, 0.25) is 5.02 Å². The molecule has 6 heteroatoms. The van der Waals surface area contributed by atoms with Gasteiger partial charge in [0.05, 0.1) is 13.2 Å². The molecule has 1 saturated carbocycles. The van der Waals surface area contributed by atoms with Gasteiger partial charge in [0.15, 0.2) is 0 Å². The first kappa shape index (κ1) is 14.4. The van der Waals surface area contributed by atoms with Crippen LogP contribution in [-0.4, -0.2) is 41.6 Å². The molecular formula is C15H16ClNO4. The molecule has 3 rings (SSSR count). The summed E-state index contributed by atoms with van der Waals surface area (Å²) in [6, 6.07) is 7.29. The first-order valence-corrected chi connectivity index (χ1v) is 7.30. The third-order valence-electron chi connectivity index (χ3n) is 4.16. The lowest BCUT2D eigenvalue weighted by Crippen LogP contribution is -2.47. The number of rotatable bonds is 3. The Morgan fingerprint density at radius 3 is 2.52 bits per heavy atom. The molecule has 0 aromatic heterocycles. The molecule has 2 fully saturated rings. The van der Waals surface area contributed by atoms with E-state index >= 15 is 0 Å². The highest BCUT2D eigenvalue weighted by atomic mass is 35.5. The lowest BCUT2D eigenvalue weighted by atomic mass is 10.0. The van der Waals surface area contributed by atoms with Crippen LogP contribution in [0.25, 0.3) is 0 Å². The highest BCUT2D eigenvalue weighted by Crippen LogP contribution is 2.48. The lowest BCUT2D eigenvalue weighted by Gasteiger charge is -2.34. The molecule has 5 nitrogen and oxygen atoms in total. The molecule has 0 bridgehead atoms. The van der Waals surface area contributed by atoms with Crippen molar-refractivity contribution in [2.75, 3.05) is 19.7 Å². The Bertz CT molecular complexity index is 568. The van der Waals surface area contributed by atoms with E-state index in [1.54, 1.807) is 17.0 Å². The van der Waals surface area contributed by atoms with Crippen molar-refractivity contribution in [3.8, 4) is 0 Å². The number of benzene rings is 1. The summed E-state index contributed by atoms with van der Waals surface area (Å²) in [5, 5.41) is 9.87. The fraction of sp³-hybridized carbons (Fsp3) is 0.467. The van der Waals surface area contributed by atoms with Crippen LogP contribution in [0.4, 0.5) is 0 Å². The van der Waals surface area contributed by atoms with Crippen molar-refractivity contribution in [2.45, 2.75) is 18.9 Å². The average Bonchev–Trinajstić information content (AvgIpc) is 3.29. The number of hydrogen-bond acceptors (Lipinski definition) is 3. The molecule has 1 aromatic rings. The summed E-state index contributed by atoms with van der Waals surface area (Å²) < 4.78 is 5.69. The number of hydrogen-bond donors (Lipinski definition) is 1. The van der Waals surface area contributed by atoms with E-state index in [1.165, 1.54) is 0 Å². The Balaban J connectivity index is 1.73. The molecule has 21 heavy (non-hydrogen) atoms. The summed E-state index contributed by atoms with van der Waals surface area (Å²) in [7, 11) is 0. The summed E-state index contributed by atoms with van der Waals surface area (Å²) >= 11 is 5.86. The van der Waals surface area contributed by atoms with Crippen LogP contribution in [-0.2, 0) is 14.3 Å². The topological polar surface area (TPSA) is 66.8 Å². The molecule has 1 aliphatic heterocycles. The average molecular weight is 310 g/mol. The smallest absolute Gasteiger partial charge is 0.319 e. The van der Waals surface area contributed by atoms with Gasteiger partial charge in [-0.2, -0.15) is 0 Å². The van der Waals surface area contributed by atoms with E-state index in [2.05, 4.69) is 0 Å². The predicted octanol–water partition coefficient (Wildman–Crippen LogP) is 2.10. The van der Waals surface area contributed by atoms with E-state index in [9.17, 15) is 14.7 Å². The molecule has 112 valence electrons. The highest BCUT2D eigenvalue weighted by Gasteiger charge is 2.58. The van der Waals surface area contributed by atoms with Gasteiger partial charge >= 0.3 is 5.97 Å². The van der Waals surface area contributed by atoms with Gasteiger partial charge in [-0.15, -0.1) is 0 Å². The fourth-order valence-corrected chi connectivity index (χ4v) is 2.79. The second-order valence-corrected chi connectivity index (χ2v) is 5.99. The van der Waals surface area contributed by atoms with E-state index < -0.39 is 11.4 Å². The number of carboxylic acids is 1. The maximum atomic E-state index is 12.4. The van der Waals surface area contributed by atoms with Crippen LogP contribution in [0.1, 0.15) is 24.5 Å². The van der Waals surface area contributed by atoms with Crippen LogP contribution in [0.15, 0.2) is 24.3 Å². The highest BCUT2D eigenvalue weighted by molar-refractivity contribution is 6.30. The normalized spacial score (nSPS) is 23.7. The summed E-state index contributed by atoms with van der Waals surface area (Å²) in [6.07, 6.45) is 0.637. The molecule has 0 unspecified atom stereocenters. The second kappa shape index (κ2) is 5.31. The van der Waals surface area contributed by atoms with E-state index in [0.717, 1.165) is 5.56 Å². The first-order chi connectivity index (χ1) is 10.0. The molecule has 1 N–H and O–H groups in total. The van der Waals surface area contributed by atoms with Crippen molar-refractivity contribution in [3.05, 3.63) is 34.9 Å². The standard InChI is InChI=1S/C15H16ClNO4/c16-11-3-1-10(2-4-11)12-9-17(7-8-21-12)13(18)15(5-6-15)14(19)20/h1-4,12H,5-9H2,(H,19,20)/t12-/m0/s1. The molecule has 0 radical (unpaired) electrons. The lowest BCUT2D eigenvalue weighted by molar-refractivity contribution is -0.157. The molecule has 1 amide bonds. The van der Waals surface area contributed by atoms with Crippen molar-refractivity contribution in [1.82, 2.24) is 4.90 Å². The summed E-state index contributed by atoms with van der Waals surface area (Å²) in [5.41, 5.74) is -0.237. The molecule has 1 saturated heterocycles. The van der Waals surface area contributed by atoms with Gasteiger partial charge in [-0.25, -0.2) is 0 Å². The quantitative estimate of drug-likeness (QED) is 0.868. The summed E-state index contributed by atoms with van der Waals surface area (Å²) in [4.78, 5) is 25.3. The summed E-state index contributed by atoms with van der Waals surface area (Å²) in [6.45, 7) is 1.24. The van der Waals surface area contributed by atoms with Gasteiger partial charge in [0.25, 0.3) is 0 Å². The van der Waals surface area contributed by atoms with Crippen LogP contribution in [0.5, 0.6) is 0 Å². The van der Waals surface area contributed by atoms with E-state index in [0.29, 0.717) is 37.6 Å². The number of amides is 1. The zero-order valence-corrected chi connectivity index (χ0v) is 12.2. The van der Waals surface area contributed by atoms with Gasteiger partial charge in [0, 0.05) is 11.6 Å². The number of carbonyl (C=O) groups excluding carboxylic acids is 1. The Morgan fingerprint density at radius 2 is 1.95 bits per heavy atom. The minimum atomic E-state index is -1.18. The van der Waals surface area contributed by atoms with Crippen molar-refractivity contribution in [1.29, 1.82) is 0 Å². The molecular weight excluding hydrogens is 294 g/mol. The Kier molecular flexibility index (Phi) is 3.63. The van der Waals surface area contributed by atoms with Gasteiger partial charge in [0.1, 0.15) is 11.5 Å². The van der Waals surface area contributed by atoms with E-state index in [-0.39, 0.29) is 12.0 Å². The molecule has 1 atom stereocenters. The van der Waals surface area contributed by atoms with Crippen LogP contribution >= 0.6 is 11.6 Å². The van der Waals surface area contributed by atoms with Crippen molar-refractivity contribution in [3.63, 3.8) is 0 Å². The largest absolute Gasteiger partial charge is 0.480 e. The fourth-order valence-electron chi connectivity index (χ4n) is 2.66. The SMILES string of the molecule is O=C(O)C1(C(=O)N2CCO[C@H](c3ccc(Cl)cc3)C2)CC1. The molecule has 1 aromatic carbocycles. The third-order valence-corrected chi connectivity index (χ3v) is 4.42. The van der Waals surface area contributed by atoms with Crippen LogP contribution < -0.4 is 0 Å². The van der Waals surface area contributed by atoms with E-state index in [1.807, 2.05) is 12.1 Å². The Hall–Kier alpha value is -1.59. The molecule has 1 aliphatic carbocycles. The number of aliphatic carboxylic acids is 1. The summed E-state index contributed by atoms with van der Waals surface area (Å²) in [5.74, 6) is -1.29. The van der Waals surface area contributed by atoms with Crippen molar-refractivity contribution >= 4 is 23.5 Å². The minimum Gasteiger partial charge on any atom is -0.480 e. The maximum Gasteiger partial charge on any atom is 0.319 e. The van der Waals surface area contributed by atoms with Crippen LogP contribution in [0.3, 0.4) is 0 Å². The first-order valence-electron chi connectivity index (χ1n) is 6.93.